The van der Waals surface area contributed by atoms with Crippen LogP contribution in [0.3, 0.4) is 0 Å². The van der Waals surface area contributed by atoms with Crippen LogP contribution in [0.25, 0.3) is 0 Å². The third kappa shape index (κ3) is 2.39. The molecule has 0 radical (unpaired) electrons. The number of hydrogen-bond donors (Lipinski definition) is 1. The highest BCUT2D eigenvalue weighted by atomic mass is 16.6. The Kier molecular flexibility index (Phi) is 4.15. The average molecular weight is 329 g/mol. The summed E-state index contributed by atoms with van der Waals surface area (Å²) in [6.07, 6.45) is 2.96. The standard InChI is InChI=1S/C18H19NO5/c1-11(19-12-7-5-4-6-8-12)18-10-9-13(24-18)14(16(20)22-2)15(18)17(21)23-3/h4-11,13,19H,1-3H3/t11-,13?,18?/m1/s1. The molecule has 6 nitrogen and oxygen atoms in total. The molecule has 0 aliphatic carbocycles. The van der Waals surface area contributed by atoms with E-state index < -0.39 is 23.6 Å². The fraction of sp³-hybridized carbons (Fsp3) is 0.333. The molecule has 0 saturated heterocycles. The van der Waals surface area contributed by atoms with Crippen LogP contribution in [0.2, 0.25) is 0 Å². The van der Waals surface area contributed by atoms with Gasteiger partial charge in [-0.2, -0.15) is 0 Å². The number of ether oxygens (including phenoxy) is 3. The Bertz CT molecular complexity index is 724. The second-order valence-corrected chi connectivity index (χ2v) is 5.69. The summed E-state index contributed by atoms with van der Waals surface area (Å²) in [6.45, 7) is 1.89. The molecule has 1 N–H and O–H groups in total. The van der Waals surface area contributed by atoms with Crippen molar-refractivity contribution in [1.29, 1.82) is 0 Å². The number of nitrogens with one attached hydrogen (secondary N) is 1. The lowest BCUT2D eigenvalue weighted by molar-refractivity contribution is -0.139. The van der Waals surface area contributed by atoms with Crippen molar-refractivity contribution < 1.29 is 23.8 Å². The van der Waals surface area contributed by atoms with Gasteiger partial charge in [0, 0.05) is 5.69 Å². The maximum atomic E-state index is 12.4. The molecule has 0 fully saturated rings. The predicted octanol–water partition coefficient (Wildman–Crippen LogP) is 1.84. The van der Waals surface area contributed by atoms with E-state index in [0.717, 1.165) is 5.69 Å². The second kappa shape index (κ2) is 6.13. The third-order valence-electron chi connectivity index (χ3n) is 4.38. The van der Waals surface area contributed by atoms with Gasteiger partial charge in [0.2, 0.25) is 0 Å². The molecule has 126 valence electrons. The molecule has 0 aromatic heterocycles. The highest BCUT2D eigenvalue weighted by Gasteiger charge is 2.57. The molecule has 2 bridgehead atoms. The molecule has 2 heterocycles. The minimum atomic E-state index is -1.07. The maximum Gasteiger partial charge on any atom is 0.337 e. The molecule has 0 amide bonds. The van der Waals surface area contributed by atoms with Crippen LogP contribution in [0, 0.1) is 0 Å². The quantitative estimate of drug-likeness (QED) is 0.656. The number of benzene rings is 1. The number of para-hydroxylation sites is 1. The van der Waals surface area contributed by atoms with Crippen LogP contribution in [0.5, 0.6) is 0 Å². The van der Waals surface area contributed by atoms with Gasteiger partial charge in [-0.15, -0.1) is 0 Å². The summed E-state index contributed by atoms with van der Waals surface area (Å²) in [5.74, 6) is -1.18. The number of esters is 2. The number of carbonyl (C=O) groups excluding carboxylic acids is 2. The summed E-state index contributed by atoms with van der Waals surface area (Å²) in [4.78, 5) is 24.5. The smallest absolute Gasteiger partial charge is 0.337 e. The summed E-state index contributed by atoms with van der Waals surface area (Å²) in [7, 11) is 2.56. The molecule has 6 heteroatoms. The molecule has 3 rings (SSSR count). The Hall–Kier alpha value is -2.60. The highest BCUT2D eigenvalue weighted by Crippen LogP contribution is 2.46. The zero-order valence-corrected chi connectivity index (χ0v) is 13.7. The zero-order valence-electron chi connectivity index (χ0n) is 13.7. The van der Waals surface area contributed by atoms with Crippen LogP contribution in [-0.4, -0.2) is 43.9 Å². The van der Waals surface area contributed by atoms with E-state index in [4.69, 9.17) is 14.2 Å². The number of hydrogen-bond acceptors (Lipinski definition) is 6. The van der Waals surface area contributed by atoms with Gasteiger partial charge in [-0.3, -0.25) is 0 Å². The molecule has 1 aromatic carbocycles. The van der Waals surface area contributed by atoms with Gasteiger partial charge in [0.25, 0.3) is 0 Å². The topological polar surface area (TPSA) is 73.9 Å². The largest absolute Gasteiger partial charge is 0.466 e. The minimum absolute atomic E-state index is 0.195. The van der Waals surface area contributed by atoms with E-state index in [2.05, 4.69) is 5.32 Å². The van der Waals surface area contributed by atoms with Crippen LogP contribution in [0.1, 0.15) is 6.92 Å². The van der Waals surface area contributed by atoms with Gasteiger partial charge in [-0.1, -0.05) is 24.3 Å². The maximum absolute atomic E-state index is 12.4. The van der Waals surface area contributed by atoms with Gasteiger partial charge in [0.05, 0.1) is 31.4 Å². The van der Waals surface area contributed by atoms with Gasteiger partial charge in [0.1, 0.15) is 11.7 Å². The van der Waals surface area contributed by atoms with Crippen molar-refractivity contribution in [2.75, 3.05) is 19.5 Å². The van der Waals surface area contributed by atoms with E-state index in [9.17, 15) is 9.59 Å². The summed E-state index contributed by atoms with van der Waals surface area (Å²) in [5.41, 5.74) is 0.210. The van der Waals surface area contributed by atoms with Gasteiger partial charge in [0.15, 0.2) is 0 Å². The van der Waals surface area contributed by atoms with Crippen molar-refractivity contribution in [2.45, 2.75) is 24.7 Å². The van der Waals surface area contributed by atoms with Crippen molar-refractivity contribution in [3.8, 4) is 0 Å². The van der Waals surface area contributed by atoms with Crippen LogP contribution in [0.4, 0.5) is 5.69 Å². The monoisotopic (exact) mass is 329 g/mol. The van der Waals surface area contributed by atoms with E-state index in [1.54, 1.807) is 12.2 Å². The first-order valence-electron chi connectivity index (χ1n) is 7.63. The molecule has 1 aromatic rings. The number of fused-ring (bicyclic) bond motifs is 2. The summed E-state index contributed by atoms with van der Waals surface area (Å²) < 4.78 is 15.7. The number of anilines is 1. The first kappa shape index (κ1) is 16.3. The van der Waals surface area contributed by atoms with Crippen molar-refractivity contribution >= 4 is 17.6 Å². The zero-order chi connectivity index (χ0) is 17.3. The van der Waals surface area contributed by atoms with Crippen molar-refractivity contribution in [2.24, 2.45) is 0 Å². The number of methoxy groups -OCH3 is 2. The fourth-order valence-electron chi connectivity index (χ4n) is 3.22. The minimum Gasteiger partial charge on any atom is -0.466 e. The van der Waals surface area contributed by atoms with Crippen molar-refractivity contribution in [3.05, 3.63) is 53.6 Å². The summed E-state index contributed by atoms with van der Waals surface area (Å²) >= 11 is 0. The van der Waals surface area contributed by atoms with Crippen molar-refractivity contribution in [3.63, 3.8) is 0 Å². The first-order chi connectivity index (χ1) is 11.5. The van der Waals surface area contributed by atoms with Gasteiger partial charge in [-0.05, 0) is 25.1 Å². The van der Waals surface area contributed by atoms with Crippen molar-refractivity contribution in [1.82, 2.24) is 0 Å². The molecular weight excluding hydrogens is 310 g/mol. The number of rotatable bonds is 5. The molecule has 3 atom stereocenters. The van der Waals surface area contributed by atoms with Gasteiger partial charge >= 0.3 is 11.9 Å². The second-order valence-electron chi connectivity index (χ2n) is 5.69. The Labute approximate surface area is 140 Å². The molecule has 2 unspecified atom stereocenters. The molecular formula is C18H19NO5. The van der Waals surface area contributed by atoms with Crippen LogP contribution >= 0.6 is 0 Å². The van der Waals surface area contributed by atoms with Crippen LogP contribution in [0.15, 0.2) is 53.6 Å². The lowest BCUT2D eigenvalue weighted by Crippen LogP contribution is -2.46. The van der Waals surface area contributed by atoms with E-state index in [0.29, 0.717) is 0 Å². The average Bonchev–Trinajstić information content (AvgIpc) is 3.19. The van der Waals surface area contributed by atoms with E-state index in [1.807, 2.05) is 37.3 Å². The van der Waals surface area contributed by atoms with Gasteiger partial charge in [-0.25, -0.2) is 9.59 Å². The number of carbonyl (C=O) groups is 2. The predicted molar refractivity (Wildman–Crippen MR) is 87.3 cm³/mol. The fourth-order valence-corrected chi connectivity index (χ4v) is 3.22. The first-order valence-corrected chi connectivity index (χ1v) is 7.63. The molecule has 0 spiro atoms. The Morgan fingerprint density at radius 2 is 1.83 bits per heavy atom. The molecule has 2 aliphatic rings. The van der Waals surface area contributed by atoms with E-state index in [1.165, 1.54) is 14.2 Å². The lowest BCUT2D eigenvalue weighted by Gasteiger charge is -2.33. The molecule has 0 saturated carbocycles. The molecule has 2 aliphatic heterocycles. The van der Waals surface area contributed by atoms with Crippen LogP contribution < -0.4 is 5.32 Å². The Morgan fingerprint density at radius 1 is 1.17 bits per heavy atom. The molecule has 24 heavy (non-hydrogen) atoms. The highest BCUT2D eigenvalue weighted by molar-refractivity contribution is 6.05. The summed E-state index contributed by atoms with van der Waals surface area (Å²) in [6, 6.07) is 9.26. The Morgan fingerprint density at radius 3 is 2.46 bits per heavy atom. The normalized spacial score (nSPS) is 25.5. The summed E-state index contributed by atoms with van der Waals surface area (Å²) in [5, 5.41) is 3.32. The Balaban J connectivity index is 2.01. The lowest BCUT2D eigenvalue weighted by atomic mass is 9.82. The van der Waals surface area contributed by atoms with E-state index in [-0.39, 0.29) is 17.2 Å². The van der Waals surface area contributed by atoms with Crippen LogP contribution in [-0.2, 0) is 23.8 Å². The third-order valence-corrected chi connectivity index (χ3v) is 4.38. The van der Waals surface area contributed by atoms with Gasteiger partial charge < -0.3 is 19.5 Å². The SMILES string of the molecule is COC(=O)C1=C(C(=O)OC)C2([C@@H](C)Nc3ccccc3)C=CC1O2. The van der Waals surface area contributed by atoms with E-state index >= 15 is 0 Å².